The van der Waals surface area contributed by atoms with Gasteiger partial charge in [0.2, 0.25) is 5.91 Å². The fourth-order valence-electron chi connectivity index (χ4n) is 3.41. The lowest BCUT2D eigenvalue weighted by Gasteiger charge is -2.31. The third kappa shape index (κ3) is 3.48. The molecule has 30 heavy (non-hydrogen) atoms. The van der Waals surface area contributed by atoms with E-state index in [-0.39, 0.29) is 23.4 Å². The molecule has 0 unspecified atom stereocenters. The van der Waals surface area contributed by atoms with Crippen molar-refractivity contribution in [1.82, 2.24) is 10.2 Å². The summed E-state index contributed by atoms with van der Waals surface area (Å²) in [5.41, 5.74) is 7.16. The monoisotopic (exact) mass is 428 g/mol. The van der Waals surface area contributed by atoms with Crippen LogP contribution in [0, 0.1) is 11.3 Å². The fraction of sp³-hybridized carbons (Fsp3) is 0.300. The van der Waals surface area contributed by atoms with Gasteiger partial charge in [0.05, 0.1) is 48.8 Å². The average molecular weight is 428 g/mol. The van der Waals surface area contributed by atoms with Gasteiger partial charge in [-0.2, -0.15) is 5.26 Å². The Hall–Kier alpha value is -3.45. The summed E-state index contributed by atoms with van der Waals surface area (Å²) in [6.45, 7) is 0. The molecule has 0 saturated carbocycles. The lowest BCUT2D eigenvalue weighted by atomic mass is 9.82. The number of methoxy groups -OCH3 is 2. The molecule has 3 N–H and O–H groups in total. The summed E-state index contributed by atoms with van der Waals surface area (Å²) in [7, 11) is 4.23. The van der Waals surface area contributed by atoms with Crippen molar-refractivity contribution < 1.29 is 23.9 Å². The van der Waals surface area contributed by atoms with Crippen molar-refractivity contribution in [1.29, 1.82) is 5.26 Å². The van der Waals surface area contributed by atoms with Crippen molar-refractivity contribution in [2.45, 2.75) is 17.6 Å². The Balaban J connectivity index is 2.18. The fourth-order valence-corrected chi connectivity index (χ4v) is 4.73. The highest BCUT2D eigenvalue weighted by molar-refractivity contribution is 8.04. The number of nitriles is 1. The second kappa shape index (κ2) is 8.51. The number of likely N-dealkylation sites (N-methyl/N-ethyl adjacent to an activating group) is 1. The number of carbonyl (C=O) groups is 3. The minimum absolute atomic E-state index is 0.0502. The molecular weight excluding hydrogens is 408 g/mol. The van der Waals surface area contributed by atoms with Crippen LogP contribution in [-0.2, 0) is 19.1 Å². The average Bonchev–Trinajstić information content (AvgIpc) is 3.08. The molecule has 9 nitrogen and oxygen atoms in total. The number of amides is 2. The predicted octanol–water partition coefficient (Wildman–Crippen LogP) is 0.951. The first kappa shape index (κ1) is 21.3. The van der Waals surface area contributed by atoms with E-state index in [1.54, 1.807) is 24.3 Å². The molecule has 0 aliphatic carbocycles. The summed E-state index contributed by atoms with van der Waals surface area (Å²) < 4.78 is 9.84. The summed E-state index contributed by atoms with van der Waals surface area (Å²) in [6, 6.07) is 8.96. The molecule has 3 rings (SSSR count). The number of allylic oxidation sites excluding steroid dienone is 1. The highest BCUT2D eigenvalue weighted by atomic mass is 32.2. The molecule has 0 bridgehead atoms. The van der Waals surface area contributed by atoms with Gasteiger partial charge in [0.1, 0.15) is 16.8 Å². The molecule has 10 heteroatoms. The zero-order valence-electron chi connectivity index (χ0n) is 16.6. The first-order valence-electron chi connectivity index (χ1n) is 8.95. The quantitative estimate of drug-likeness (QED) is 0.662. The van der Waals surface area contributed by atoms with Gasteiger partial charge >= 0.3 is 5.97 Å². The molecule has 1 saturated heterocycles. The Morgan fingerprint density at radius 3 is 2.50 bits per heavy atom. The Kier molecular flexibility index (Phi) is 6.03. The zero-order valence-corrected chi connectivity index (χ0v) is 17.4. The van der Waals surface area contributed by atoms with Crippen molar-refractivity contribution >= 4 is 29.5 Å². The van der Waals surface area contributed by atoms with Crippen molar-refractivity contribution in [2.75, 3.05) is 21.3 Å². The van der Waals surface area contributed by atoms with Crippen LogP contribution in [0.3, 0.4) is 0 Å². The molecule has 2 aliphatic rings. The number of rotatable bonds is 5. The summed E-state index contributed by atoms with van der Waals surface area (Å²) in [5.74, 6) is -1.69. The smallest absolute Gasteiger partial charge is 0.307 e. The topological polar surface area (TPSA) is 135 Å². The van der Waals surface area contributed by atoms with Gasteiger partial charge in [0, 0.05) is 7.05 Å². The van der Waals surface area contributed by atoms with E-state index in [4.69, 9.17) is 10.5 Å². The van der Waals surface area contributed by atoms with Gasteiger partial charge < -0.3 is 20.5 Å². The zero-order chi connectivity index (χ0) is 22.0. The standard InChI is InChI=1S/C20H20N4O5S/c1-23-18(26)16-15(10-4-6-11(28-2)7-5-10)12(9-21)17(22)24-19(27)13(30-20(16)24)8-14(25)29-3/h4-7,13,15H,8,22H2,1-3H3,(H,23,26)/t13-,15+/m1/s1. The van der Waals surface area contributed by atoms with E-state index in [9.17, 15) is 19.6 Å². The van der Waals surface area contributed by atoms with Gasteiger partial charge in [-0.25, -0.2) is 0 Å². The van der Waals surface area contributed by atoms with Crippen LogP contribution in [0.1, 0.15) is 17.9 Å². The normalized spacial score (nSPS) is 20.6. The van der Waals surface area contributed by atoms with Crippen molar-refractivity contribution in [3.05, 3.63) is 51.8 Å². The molecule has 1 fully saturated rings. The number of nitrogens with zero attached hydrogens (tertiary/aromatic N) is 2. The maximum atomic E-state index is 12.9. The van der Waals surface area contributed by atoms with Gasteiger partial charge in [0.25, 0.3) is 5.91 Å². The molecular formula is C20H20N4O5S. The summed E-state index contributed by atoms with van der Waals surface area (Å²) in [6.07, 6.45) is -0.177. The minimum Gasteiger partial charge on any atom is -0.497 e. The Bertz CT molecular complexity index is 1010. The minimum atomic E-state index is -0.805. The molecule has 2 atom stereocenters. The van der Waals surface area contributed by atoms with E-state index < -0.39 is 29.0 Å². The highest BCUT2D eigenvalue weighted by Crippen LogP contribution is 2.49. The van der Waals surface area contributed by atoms with Crippen molar-refractivity contribution in [3.8, 4) is 11.8 Å². The largest absolute Gasteiger partial charge is 0.497 e. The van der Waals surface area contributed by atoms with Gasteiger partial charge in [-0.3, -0.25) is 19.3 Å². The van der Waals surface area contributed by atoms with Gasteiger partial charge in [-0.1, -0.05) is 23.9 Å². The maximum Gasteiger partial charge on any atom is 0.307 e. The number of nitrogens with one attached hydrogen (secondary N) is 1. The maximum absolute atomic E-state index is 12.9. The molecule has 1 aromatic carbocycles. The molecule has 2 aliphatic heterocycles. The molecule has 1 aromatic rings. The van der Waals surface area contributed by atoms with E-state index >= 15 is 0 Å². The number of esters is 1. The number of hydrogen-bond acceptors (Lipinski definition) is 8. The lowest BCUT2D eigenvalue weighted by Crippen LogP contribution is -2.39. The molecule has 0 aromatic heterocycles. The number of thioether (sulfide) groups is 1. The predicted molar refractivity (Wildman–Crippen MR) is 109 cm³/mol. The SMILES string of the molecule is CNC(=O)C1=C2S[C@H](CC(=O)OC)C(=O)N2C(N)=C(C#N)[C@@H]1c1ccc(OC)cc1. The molecule has 0 spiro atoms. The van der Waals surface area contributed by atoms with Crippen LogP contribution in [0.15, 0.2) is 46.3 Å². The van der Waals surface area contributed by atoms with Gasteiger partial charge in [-0.05, 0) is 17.7 Å². The van der Waals surface area contributed by atoms with E-state index in [1.165, 1.54) is 21.3 Å². The highest BCUT2D eigenvalue weighted by Gasteiger charge is 2.48. The molecule has 156 valence electrons. The molecule has 2 amide bonds. The second-order valence-electron chi connectivity index (χ2n) is 6.48. The summed E-state index contributed by atoms with van der Waals surface area (Å²) >= 11 is 1.07. The number of ether oxygens (including phenoxy) is 2. The lowest BCUT2D eigenvalue weighted by molar-refractivity contribution is -0.142. The van der Waals surface area contributed by atoms with E-state index in [1.807, 2.05) is 0 Å². The van der Waals surface area contributed by atoms with E-state index in [2.05, 4.69) is 16.1 Å². The summed E-state index contributed by atoms with van der Waals surface area (Å²) in [5, 5.41) is 11.9. The van der Waals surface area contributed by atoms with E-state index in [0.717, 1.165) is 16.7 Å². The Labute approximate surface area is 177 Å². The van der Waals surface area contributed by atoms with Crippen LogP contribution < -0.4 is 15.8 Å². The van der Waals surface area contributed by atoms with Gasteiger partial charge in [-0.15, -0.1) is 0 Å². The summed E-state index contributed by atoms with van der Waals surface area (Å²) in [4.78, 5) is 38.7. The second-order valence-corrected chi connectivity index (χ2v) is 7.67. The number of nitrogens with two attached hydrogens (primary N) is 1. The van der Waals surface area contributed by atoms with Gasteiger partial charge in [0.15, 0.2) is 0 Å². The van der Waals surface area contributed by atoms with E-state index in [0.29, 0.717) is 16.3 Å². The van der Waals surface area contributed by atoms with Crippen molar-refractivity contribution in [2.24, 2.45) is 5.73 Å². The number of benzene rings is 1. The first-order chi connectivity index (χ1) is 14.4. The third-order valence-corrected chi connectivity index (χ3v) is 6.18. The Morgan fingerprint density at radius 1 is 1.30 bits per heavy atom. The Morgan fingerprint density at radius 2 is 1.97 bits per heavy atom. The number of carbonyl (C=O) groups excluding carboxylic acids is 3. The molecule has 2 heterocycles. The first-order valence-corrected chi connectivity index (χ1v) is 9.83. The van der Waals surface area contributed by atoms with Crippen LogP contribution in [0.2, 0.25) is 0 Å². The van der Waals surface area contributed by atoms with Crippen LogP contribution in [0.4, 0.5) is 0 Å². The third-order valence-electron chi connectivity index (χ3n) is 4.90. The van der Waals surface area contributed by atoms with Crippen LogP contribution in [-0.4, -0.2) is 49.2 Å². The number of fused-ring (bicyclic) bond motifs is 1. The number of hydrogen-bond donors (Lipinski definition) is 2. The van der Waals surface area contributed by atoms with Crippen LogP contribution in [0.5, 0.6) is 5.75 Å². The van der Waals surface area contributed by atoms with Crippen LogP contribution in [0.25, 0.3) is 0 Å². The van der Waals surface area contributed by atoms with Crippen molar-refractivity contribution in [3.63, 3.8) is 0 Å². The van der Waals surface area contributed by atoms with Crippen LogP contribution >= 0.6 is 11.8 Å². The molecule has 0 radical (unpaired) electrons.